The van der Waals surface area contributed by atoms with Gasteiger partial charge in [0.05, 0.1) is 0 Å². The summed E-state index contributed by atoms with van der Waals surface area (Å²) in [5.41, 5.74) is 1.09. The van der Waals surface area contributed by atoms with E-state index >= 15 is 0 Å². The summed E-state index contributed by atoms with van der Waals surface area (Å²) in [5.74, 6) is 0.942. The number of rotatable bonds is 1. The molecule has 1 unspecified atom stereocenters. The highest BCUT2D eigenvalue weighted by Gasteiger charge is 2.18. The average molecular weight is 244 g/mol. The molecule has 0 radical (unpaired) electrons. The Kier molecular flexibility index (Phi) is 3.75. The molecule has 0 saturated carbocycles. The molecule has 1 aromatic rings. The maximum Gasteiger partial charge on any atom is 0.119 e. The first-order chi connectivity index (χ1) is 5.88. The van der Waals surface area contributed by atoms with Gasteiger partial charge in [-0.05, 0) is 24.6 Å². The Morgan fingerprint density at radius 1 is 1.31 bits per heavy atom. The topological polar surface area (TPSA) is 32.3 Å². The Hall–Kier alpha value is -0.540. The van der Waals surface area contributed by atoms with Crippen LogP contribution in [0.3, 0.4) is 0 Å². The molecule has 0 amide bonds. The molecule has 1 aliphatic heterocycles. The predicted molar refractivity (Wildman–Crippen MR) is 58.7 cm³/mol. The van der Waals surface area contributed by atoms with Gasteiger partial charge >= 0.3 is 0 Å². The minimum absolute atomic E-state index is 0. The minimum Gasteiger partial charge on any atom is -0.508 e. The fraction of sp³-hybridized carbons (Fsp3) is 0.400. The van der Waals surface area contributed by atoms with E-state index in [-0.39, 0.29) is 17.0 Å². The molecule has 2 nitrogen and oxygen atoms in total. The number of phenolic OH excluding ortho intramolecular Hbond substituents is 1. The number of halogens is 1. The Morgan fingerprint density at radius 2 is 2.08 bits per heavy atom. The number of aromatic hydroxyl groups is 1. The van der Waals surface area contributed by atoms with E-state index < -0.39 is 0 Å². The first-order valence-electron chi connectivity index (χ1n) is 4.36. The largest absolute Gasteiger partial charge is 0.508 e. The van der Waals surface area contributed by atoms with E-state index in [4.69, 9.17) is 0 Å². The summed E-state index contributed by atoms with van der Waals surface area (Å²) in [6.45, 7) is 2.07. The summed E-state index contributed by atoms with van der Waals surface area (Å²) < 4.78 is 0. The predicted octanol–water partition coefficient (Wildman–Crippen LogP) is 2.05. The Balaban J connectivity index is 0.000000845. The lowest BCUT2D eigenvalue weighted by molar-refractivity contribution is 0.463. The van der Waals surface area contributed by atoms with Crippen LogP contribution in [-0.4, -0.2) is 18.2 Å². The lowest BCUT2D eigenvalue weighted by atomic mass is 9.98. The normalized spacial score (nSPS) is 21.1. The molecule has 0 spiro atoms. The molecule has 2 rings (SSSR count). The first kappa shape index (κ1) is 10.5. The number of hydrogen-bond donors (Lipinski definition) is 2. The molecule has 0 aromatic heterocycles. The smallest absolute Gasteiger partial charge is 0.119 e. The molecule has 1 aliphatic rings. The molecule has 0 bridgehead atoms. The van der Waals surface area contributed by atoms with Gasteiger partial charge in [-0.15, -0.1) is 17.0 Å². The van der Waals surface area contributed by atoms with Crippen molar-refractivity contribution in [2.75, 3.05) is 13.1 Å². The molecule has 1 atom stereocenters. The second-order valence-electron chi connectivity index (χ2n) is 3.25. The number of phenols is 1. The van der Waals surface area contributed by atoms with Gasteiger partial charge in [0.15, 0.2) is 0 Å². The molecule has 1 heterocycles. The molecule has 72 valence electrons. The molecule has 1 aromatic carbocycles. The third-order valence-corrected chi connectivity index (χ3v) is 2.44. The van der Waals surface area contributed by atoms with Crippen LogP contribution in [0.4, 0.5) is 0 Å². The van der Waals surface area contributed by atoms with Crippen LogP contribution in [-0.2, 0) is 0 Å². The van der Waals surface area contributed by atoms with Crippen molar-refractivity contribution in [2.45, 2.75) is 12.3 Å². The second-order valence-corrected chi connectivity index (χ2v) is 3.25. The number of nitrogens with one attached hydrogen (secondary N) is 1. The number of benzene rings is 1. The van der Waals surface area contributed by atoms with E-state index in [1.165, 1.54) is 0 Å². The van der Waals surface area contributed by atoms with Gasteiger partial charge in [0.1, 0.15) is 5.75 Å². The van der Waals surface area contributed by atoms with E-state index in [1.807, 2.05) is 18.2 Å². The standard InChI is InChI=1S/C10H13NO.BrH/c12-10-4-2-1-3-9(10)8-5-6-11-7-8;/h1-4,8,11-12H,5-7H2;1H. The van der Waals surface area contributed by atoms with Gasteiger partial charge in [-0.3, -0.25) is 0 Å². The van der Waals surface area contributed by atoms with Crippen molar-refractivity contribution in [2.24, 2.45) is 0 Å². The van der Waals surface area contributed by atoms with Gasteiger partial charge in [0, 0.05) is 12.5 Å². The summed E-state index contributed by atoms with van der Waals surface area (Å²) in [7, 11) is 0. The zero-order chi connectivity index (χ0) is 8.39. The lowest BCUT2D eigenvalue weighted by Crippen LogP contribution is -2.07. The molecule has 0 aliphatic carbocycles. The molecule has 2 N–H and O–H groups in total. The second kappa shape index (κ2) is 4.63. The Morgan fingerprint density at radius 3 is 2.69 bits per heavy atom. The number of hydrogen-bond acceptors (Lipinski definition) is 2. The maximum absolute atomic E-state index is 9.54. The Bertz CT molecular complexity index is 271. The van der Waals surface area contributed by atoms with E-state index in [9.17, 15) is 5.11 Å². The Labute approximate surface area is 88.7 Å². The van der Waals surface area contributed by atoms with Crippen LogP contribution in [0.1, 0.15) is 17.9 Å². The lowest BCUT2D eigenvalue weighted by Gasteiger charge is -2.09. The van der Waals surface area contributed by atoms with Crippen molar-refractivity contribution >= 4 is 17.0 Å². The van der Waals surface area contributed by atoms with Crippen LogP contribution in [0.15, 0.2) is 24.3 Å². The zero-order valence-electron chi connectivity index (χ0n) is 7.36. The zero-order valence-corrected chi connectivity index (χ0v) is 9.08. The van der Waals surface area contributed by atoms with E-state index in [1.54, 1.807) is 6.07 Å². The van der Waals surface area contributed by atoms with Crippen LogP contribution in [0.2, 0.25) is 0 Å². The van der Waals surface area contributed by atoms with Crippen LogP contribution in [0.5, 0.6) is 5.75 Å². The van der Waals surface area contributed by atoms with Crippen molar-refractivity contribution < 1.29 is 5.11 Å². The van der Waals surface area contributed by atoms with Crippen LogP contribution < -0.4 is 5.32 Å². The van der Waals surface area contributed by atoms with Crippen LogP contribution >= 0.6 is 17.0 Å². The highest BCUT2D eigenvalue weighted by atomic mass is 79.9. The summed E-state index contributed by atoms with van der Waals surface area (Å²) in [6.07, 6.45) is 1.14. The maximum atomic E-state index is 9.54. The third kappa shape index (κ3) is 2.23. The highest BCUT2D eigenvalue weighted by molar-refractivity contribution is 8.93. The molecular weight excluding hydrogens is 230 g/mol. The van der Waals surface area contributed by atoms with Crippen molar-refractivity contribution in [3.63, 3.8) is 0 Å². The van der Waals surface area contributed by atoms with Gasteiger partial charge in [0.2, 0.25) is 0 Å². The first-order valence-corrected chi connectivity index (χ1v) is 4.36. The van der Waals surface area contributed by atoms with Crippen molar-refractivity contribution in [1.82, 2.24) is 5.32 Å². The fourth-order valence-electron chi connectivity index (χ4n) is 1.75. The fourth-order valence-corrected chi connectivity index (χ4v) is 1.75. The third-order valence-electron chi connectivity index (χ3n) is 2.44. The van der Waals surface area contributed by atoms with Crippen molar-refractivity contribution in [3.8, 4) is 5.75 Å². The van der Waals surface area contributed by atoms with Crippen molar-refractivity contribution in [1.29, 1.82) is 0 Å². The quantitative estimate of drug-likeness (QED) is 0.792. The average Bonchev–Trinajstić information content (AvgIpc) is 2.57. The molecule has 13 heavy (non-hydrogen) atoms. The molecule has 1 saturated heterocycles. The van der Waals surface area contributed by atoms with E-state index in [0.29, 0.717) is 11.7 Å². The monoisotopic (exact) mass is 243 g/mol. The van der Waals surface area contributed by atoms with E-state index in [2.05, 4.69) is 5.32 Å². The van der Waals surface area contributed by atoms with Gasteiger partial charge in [-0.1, -0.05) is 18.2 Å². The summed E-state index contributed by atoms with van der Waals surface area (Å²) in [4.78, 5) is 0. The van der Waals surface area contributed by atoms with Gasteiger partial charge in [-0.25, -0.2) is 0 Å². The minimum atomic E-state index is 0. The molecule has 1 fully saturated rings. The van der Waals surface area contributed by atoms with Crippen molar-refractivity contribution in [3.05, 3.63) is 29.8 Å². The molecular formula is C10H14BrNO. The highest BCUT2D eigenvalue weighted by Crippen LogP contribution is 2.29. The van der Waals surface area contributed by atoms with E-state index in [0.717, 1.165) is 25.1 Å². The van der Waals surface area contributed by atoms with Gasteiger partial charge < -0.3 is 10.4 Å². The van der Waals surface area contributed by atoms with Gasteiger partial charge in [-0.2, -0.15) is 0 Å². The summed E-state index contributed by atoms with van der Waals surface area (Å²) in [6, 6.07) is 7.61. The van der Waals surface area contributed by atoms with Gasteiger partial charge in [0.25, 0.3) is 0 Å². The summed E-state index contributed by atoms with van der Waals surface area (Å²) >= 11 is 0. The van der Waals surface area contributed by atoms with Crippen LogP contribution in [0, 0.1) is 0 Å². The summed E-state index contributed by atoms with van der Waals surface area (Å²) in [5, 5.41) is 12.8. The van der Waals surface area contributed by atoms with Crippen LogP contribution in [0.25, 0.3) is 0 Å². The number of para-hydroxylation sites is 1. The SMILES string of the molecule is Br.Oc1ccccc1C1CCNC1. The molecule has 3 heteroatoms.